The molecule has 0 unspecified atom stereocenters. The summed E-state index contributed by atoms with van der Waals surface area (Å²) in [6, 6.07) is 7.37. The van der Waals surface area contributed by atoms with Gasteiger partial charge in [0.1, 0.15) is 4.90 Å². The Kier molecular flexibility index (Phi) is 5.16. The van der Waals surface area contributed by atoms with Crippen molar-refractivity contribution in [3.05, 3.63) is 57.9 Å². The molecule has 0 bridgehead atoms. The summed E-state index contributed by atoms with van der Waals surface area (Å²) in [6.45, 7) is 2.96. The maximum absolute atomic E-state index is 12.4. The molecule has 0 aliphatic rings. The molecular weight excluding hydrogens is 430 g/mol. The lowest BCUT2D eigenvalue weighted by Crippen LogP contribution is -2.13. The summed E-state index contributed by atoms with van der Waals surface area (Å²) < 4.78 is 31.1. The fraction of sp³-hybridized carbons (Fsp3) is 0.200. The van der Waals surface area contributed by atoms with Crippen molar-refractivity contribution in [1.82, 2.24) is 19.6 Å². The third kappa shape index (κ3) is 4.23. The number of hydrogen-bond donors (Lipinski definition) is 1. The molecule has 0 spiro atoms. The van der Waals surface area contributed by atoms with Gasteiger partial charge < -0.3 is 0 Å². The number of anilines is 1. The highest BCUT2D eigenvalue weighted by Gasteiger charge is 2.20. The summed E-state index contributed by atoms with van der Waals surface area (Å²) in [5.74, 6) is 0.221. The zero-order valence-corrected chi connectivity index (χ0v) is 16.4. The van der Waals surface area contributed by atoms with Gasteiger partial charge in [0.25, 0.3) is 10.0 Å². The predicted molar refractivity (Wildman–Crippen MR) is 99.2 cm³/mol. The highest BCUT2D eigenvalue weighted by atomic mass is 79.9. The van der Waals surface area contributed by atoms with E-state index in [4.69, 9.17) is 11.6 Å². The van der Waals surface area contributed by atoms with Gasteiger partial charge >= 0.3 is 0 Å². The van der Waals surface area contributed by atoms with E-state index in [1.54, 1.807) is 27.7 Å². The van der Waals surface area contributed by atoms with Crippen molar-refractivity contribution >= 4 is 43.4 Å². The van der Waals surface area contributed by atoms with E-state index in [1.165, 1.54) is 12.4 Å². The van der Waals surface area contributed by atoms with Crippen LogP contribution < -0.4 is 4.72 Å². The van der Waals surface area contributed by atoms with E-state index in [0.29, 0.717) is 22.6 Å². The first kappa shape index (κ1) is 18.0. The van der Waals surface area contributed by atoms with Gasteiger partial charge in [0, 0.05) is 24.0 Å². The molecule has 10 heteroatoms. The van der Waals surface area contributed by atoms with E-state index in [0.717, 1.165) is 5.56 Å². The maximum Gasteiger partial charge on any atom is 0.266 e. The van der Waals surface area contributed by atoms with Crippen LogP contribution in [-0.2, 0) is 23.1 Å². The summed E-state index contributed by atoms with van der Waals surface area (Å²) in [6.07, 6.45) is 4.49. The number of nitrogens with zero attached hydrogens (tertiary/aromatic N) is 4. The fourth-order valence-electron chi connectivity index (χ4n) is 2.17. The van der Waals surface area contributed by atoms with Crippen LogP contribution in [0.2, 0.25) is 5.02 Å². The van der Waals surface area contributed by atoms with Crippen LogP contribution in [0.15, 0.2) is 52.2 Å². The van der Waals surface area contributed by atoms with Gasteiger partial charge in [0.15, 0.2) is 5.82 Å². The lowest BCUT2D eigenvalue weighted by atomic mass is 10.2. The molecule has 0 saturated carbocycles. The first-order valence-corrected chi connectivity index (χ1v) is 10.1. The van der Waals surface area contributed by atoms with E-state index < -0.39 is 10.0 Å². The quantitative estimate of drug-likeness (QED) is 0.632. The molecule has 132 valence electrons. The van der Waals surface area contributed by atoms with Crippen molar-refractivity contribution in [3.8, 4) is 0 Å². The van der Waals surface area contributed by atoms with Gasteiger partial charge in [-0.05, 0) is 40.5 Å². The third-order valence-corrected chi connectivity index (χ3v) is 5.58. The van der Waals surface area contributed by atoms with Crippen LogP contribution in [0.5, 0.6) is 0 Å². The van der Waals surface area contributed by atoms with Crippen LogP contribution in [0, 0.1) is 0 Å². The van der Waals surface area contributed by atoms with Crippen molar-refractivity contribution in [3.63, 3.8) is 0 Å². The SMILES string of the molecule is CCn1cc(S(=O)(=O)Nc2nn(Cc3ccc(Cl)cc3)cc2Br)cn1. The predicted octanol–water partition coefficient (Wildman–Crippen LogP) is 3.36. The summed E-state index contributed by atoms with van der Waals surface area (Å²) in [5, 5.41) is 8.93. The Balaban J connectivity index is 1.79. The second kappa shape index (κ2) is 7.19. The highest BCUT2D eigenvalue weighted by Crippen LogP contribution is 2.24. The minimum absolute atomic E-state index is 0.0912. The normalized spacial score (nSPS) is 11.6. The summed E-state index contributed by atoms with van der Waals surface area (Å²) >= 11 is 9.21. The Labute approximate surface area is 158 Å². The molecule has 3 rings (SSSR count). The van der Waals surface area contributed by atoms with Crippen molar-refractivity contribution in [2.45, 2.75) is 24.9 Å². The second-order valence-corrected chi connectivity index (χ2v) is 8.26. The maximum atomic E-state index is 12.4. The number of aromatic nitrogens is 4. The van der Waals surface area contributed by atoms with Gasteiger partial charge in [0.2, 0.25) is 0 Å². The molecule has 0 radical (unpaired) electrons. The molecule has 0 atom stereocenters. The van der Waals surface area contributed by atoms with Crippen LogP contribution >= 0.6 is 27.5 Å². The van der Waals surface area contributed by atoms with Gasteiger partial charge in [0.05, 0.1) is 17.2 Å². The largest absolute Gasteiger partial charge is 0.272 e. The molecule has 7 nitrogen and oxygen atoms in total. The monoisotopic (exact) mass is 443 g/mol. The van der Waals surface area contributed by atoms with E-state index in [9.17, 15) is 8.42 Å². The van der Waals surface area contributed by atoms with Crippen LogP contribution in [0.4, 0.5) is 5.82 Å². The van der Waals surface area contributed by atoms with E-state index in [-0.39, 0.29) is 10.7 Å². The number of hydrogen-bond acceptors (Lipinski definition) is 4. The minimum Gasteiger partial charge on any atom is -0.272 e. The Morgan fingerprint density at radius 1 is 1.20 bits per heavy atom. The van der Waals surface area contributed by atoms with E-state index in [2.05, 4.69) is 30.8 Å². The van der Waals surface area contributed by atoms with Gasteiger partial charge in [-0.2, -0.15) is 10.2 Å². The van der Waals surface area contributed by atoms with Crippen LogP contribution in [0.25, 0.3) is 0 Å². The molecule has 2 aromatic heterocycles. The van der Waals surface area contributed by atoms with Crippen molar-refractivity contribution < 1.29 is 8.42 Å². The molecule has 0 fully saturated rings. The van der Waals surface area contributed by atoms with Gasteiger partial charge in [-0.1, -0.05) is 23.7 Å². The van der Waals surface area contributed by atoms with E-state index >= 15 is 0 Å². The fourth-order valence-corrected chi connectivity index (χ4v) is 3.81. The minimum atomic E-state index is -3.75. The Bertz CT molecular complexity index is 982. The first-order chi connectivity index (χ1) is 11.9. The highest BCUT2D eigenvalue weighted by molar-refractivity contribution is 9.10. The van der Waals surface area contributed by atoms with Crippen molar-refractivity contribution in [1.29, 1.82) is 0 Å². The van der Waals surface area contributed by atoms with Gasteiger partial charge in [-0.3, -0.25) is 14.1 Å². The van der Waals surface area contributed by atoms with Crippen LogP contribution in [0.3, 0.4) is 0 Å². The lowest BCUT2D eigenvalue weighted by Gasteiger charge is -2.04. The zero-order valence-electron chi connectivity index (χ0n) is 13.2. The Morgan fingerprint density at radius 3 is 2.56 bits per heavy atom. The average Bonchev–Trinajstić information content (AvgIpc) is 3.17. The Morgan fingerprint density at radius 2 is 1.92 bits per heavy atom. The second-order valence-electron chi connectivity index (χ2n) is 5.29. The number of halogens is 2. The molecule has 1 N–H and O–H groups in total. The number of rotatable bonds is 6. The third-order valence-electron chi connectivity index (χ3n) is 3.45. The van der Waals surface area contributed by atoms with Crippen LogP contribution in [-0.4, -0.2) is 28.0 Å². The first-order valence-electron chi connectivity index (χ1n) is 7.40. The summed E-state index contributed by atoms with van der Waals surface area (Å²) in [5.41, 5.74) is 0.998. The molecule has 0 saturated heterocycles. The molecule has 2 heterocycles. The van der Waals surface area contributed by atoms with Gasteiger partial charge in [-0.25, -0.2) is 8.42 Å². The topological polar surface area (TPSA) is 81.8 Å². The molecule has 3 aromatic rings. The molecule has 0 aliphatic heterocycles. The molecule has 0 aliphatic carbocycles. The zero-order chi connectivity index (χ0) is 18.0. The standard InChI is InChI=1S/C15H15BrClN5O2S/c1-2-21-9-13(7-18-21)25(23,24)20-15-14(16)10-22(19-15)8-11-3-5-12(17)6-4-11/h3-7,9-10H,2,8H2,1H3,(H,19,20). The number of nitrogens with one attached hydrogen (secondary N) is 1. The van der Waals surface area contributed by atoms with Gasteiger partial charge in [-0.15, -0.1) is 0 Å². The molecule has 25 heavy (non-hydrogen) atoms. The molecule has 1 aromatic carbocycles. The Hall–Kier alpha value is -1.84. The smallest absolute Gasteiger partial charge is 0.266 e. The summed E-state index contributed by atoms with van der Waals surface area (Å²) in [4.78, 5) is 0.0912. The van der Waals surface area contributed by atoms with Crippen molar-refractivity contribution in [2.24, 2.45) is 0 Å². The van der Waals surface area contributed by atoms with Crippen LogP contribution in [0.1, 0.15) is 12.5 Å². The summed E-state index contributed by atoms with van der Waals surface area (Å²) in [7, 11) is -3.75. The molecule has 0 amide bonds. The number of sulfonamides is 1. The lowest BCUT2D eigenvalue weighted by molar-refractivity contribution is 0.600. The number of benzene rings is 1. The van der Waals surface area contributed by atoms with Crippen molar-refractivity contribution in [2.75, 3.05) is 4.72 Å². The number of aryl methyl sites for hydroxylation is 1. The average molecular weight is 445 g/mol. The molecular formula is C15H15BrClN5O2S. The van der Waals surface area contributed by atoms with E-state index in [1.807, 2.05) is 19.1 Å².